The van der Waals surface area contributed by atoms with Gasteiger partial charge in [0.1, 0.15) is 0 Å². The van der Waals surface area contributed by atoms with Gasteiger partial charge in [-0.1, -0.05) is 0 Å². The van der Waals surface area contributed by atoms with E-state index in [0.717, 1.165) is 19.4 Å². The van der Waals surface area contributed by atoms with Crippen molar-refractivity contribution in [2.24, 2.45) is 0 Å². The van der Waals surface area contributed by atoms with Crippen LogP contribution in [-0.4, -0.2) is 47.2 Å². The normalized spacial score (nSPS) is 16.5. The van der Waals surface area contributed by atoms with E-state index in [4.69, 9.17) is 5.11 Å². The molecule has 1 saturated carbocycles. The molecule has 1 aliphatic rings. The summed E-state index contributed by atoms with van der Waals surface area (Å²) < 4.78 is 0. The predicted molar refractivity (Wildman–Crippen MR) is 59.6 cm³/mol. The zero-order valence-electron chi connectivity index (χ0n) is 9.92. The Morgan fingerprint density at radius 2 is 2.13 bits per heavy atom. The number of aliphatic hydroxyl groups is 1. The number of hydrogen-bond donors (Lipinski definition) is 2. The molecular weight excluding hydrogens is 192 g/mol. The maximum absolute atomic E-state index is 11.8. The summed E-state index contributed by atoms with van der Waals surface area (Å²) in [5, 5.41) is 12.1. The molecule has 0 aromatic heterocycles. The molecule has 1 amide bonds. The third-order valence-corrected chi connectivity index (χ3v) is 2.76. The van der Waals surface area contributed by atoms with Gasteiger partial charge >= 0.3 is 0 Å². The highest BCUT2D eigenvalue weighted by molar-refractivity contribution is 5.79. The number of hydrogen-bond acceptors (Lipinski definition) is 3. The first-order chi connectivity index (χ1) is 7.00. The molecule has 0 heterocycles. The Labute approximate surface area is 91.6 Å². The molecule has 0 radical (unpaired) electrons. The minimum atomic E-state index is -0.376. The molecule has 0 atom stereocenters. The SMILES string of the molecule is CCN(C(=O)CNC(C)(C)CO)C1CC1. The second kappa shape index (κ2) is 4.94. The first-order valence-corrected chi connectivity index (χ1v) is 5.65. The fraction of sp³-hybridized carbons (Fsp3) is 0.909. The van der Waals surface area contributed by atoms with Crippen LogP contribution in [0.25, 0.3) is 0 Å². The van der Waals surface area contributed by atoms with Crippen molar-refractivity contribution < 1.29 is 9.90 Å². The summed E-state index contributed by atoms with van der Waals surface area (Å²) in [6.07, 6.45) is 2.28. The van der Waals surface area contributed by atoms with Crippen LogP contribution in [0, 0.1) is 0 Å². The summed E-state index contributed by atoms with van der Waals surface area (Å²) in [4.78, 5) is 13.7. The van der Waals surface area contributed by atoms with Crippen molar-refractivity contribution in [2.75, 3.05) is 19.7 Å². The van der Waals surface area contributed by atoms with E-state index in [-0.39, 0.29) is 18.1 Å². The average Bonchev–Trinajstić information content (AvgIpc) is 3.00. The van der Waals surface area contributed by atoms with Crippen LogP contribution in [0.5, 0.6) is 0 Å². The van der Waals surface area contributed by atoms with Gasteiger partial charge in [-0.15, -0.1) is 0 Å². The Hall–Kier alpha value is -0.610. The molecule has 0 aromatic carbocycles. The van der Waals surface area contributed by atoms with Crippen molar-refractivity contribution in [3.63, 3.8) is 0 Å². The Bertz CT molecular complexity index is 225. The molecule has 0 aliphatic heterocycles. The molecule has 15 heavy (non-hydrogen) atoms. The van der Waals surface area contributed by atoms with Gasteiger partial charge in [0.05, 0.1) is 13.2 Å². The van der Waals surface area contributed by atoms with Crippen molar-refractivity contribution >= 4 is 5.91 Å². The van der Waals surface area contributed by atoms with Crippen LogP contribution in [-0.2, 0) is 4.79 Å². The van der Waals surface area contributed by atoms with Crippen LogP contribution < -0.4 is 5.32 Å². The van der Waals surface area contributed by atoms with Gasteiger partial charge < -0.3 is 15.3 Å². The molecule has 1 fully saturated rings. The maximum Gasteiger partial charge on any atom is 0.236 e. The van der Waals surface area contributed by atoms with E-state index in [2.05, 4.69) is 5.32 Å². The van der Waals surface area contributed by atoms with Gasteiger partial charge in [-0.05, 0) is 33.6 Å². The van der Waals surface area contributed by atoms with Gasteiger partial charge in [-0.2, -0.15) is 0 Å². The molecule has 4 nitrogen and oxygen atoms in total. The van der Waals surface area contributed by atoms with E-state index in [1.165, 1.54) is 0 Å². The molecule has 2 N–H and O–H groups in total. The van der Waals surface area contributed by atoms with Gasteiger partial charge in [0.15, 0.2) is 0 Å². The van der Waals surface area contributed by atoms with Gasteiger partial charge in [-0.25, -0.2) is 0 Å². The molecule has 1 rings (SSSR count). The van der Waals surface area contributed by atoms with E-state index in [9.17, 15) is 4.79 Å². The van der Waals surface area contributed by atoms with Crippen molar-refractivity contribution in [1.82, 2.24) is 10.2 Å². The molecule has 0 unspecified atom stereocenters. The number of likely N-dealkylation sites (N-methyl/N-ethyl adjacent to an activating group) is 1. The largest absolute Gasteiger partial charge is 0.394 e. The van der Waals surface area contributed by atoms with Crippen LogP contribution >= 0.6 is 0 Å². The molecular formula is C11H22N2O2. The van der Waals surface area contributed by atoms with Crippen molar-refractivity contribution in [3.8, 4) is 0 Å². The average molecular weight is 214 g/mol. The minimum Gasteiger partial charge on any atom is -0.394 e. The summed E-state index contributed by atoms with van der Waals surface area (Å²) in [7, 11) is 0. The Morgan fingerprint density at radius 1 is 1.53 bits per heavy atom. The van der Waals surface area contributed by atoms with E-state index in [1.807, 2.05) is 25.7 Å². The quantitative estimate of drug-likeness (QED) is 0.671. The van der Waals surface area contributed by atoms with Crippen LogP contribution in [0.3, 0.4) is 0 Å². The molecule has 0 spiro atoms. The summed E-state index contributed by atoms with van der Waals surface area (Å²) in [5.41, 5.74) is -0.376. The lowest BCUT2D eigenvalue weighted by Gasteiger charge is -2.26. The van der Waals surface area contributed by atoms with E-state index < -0.39 is 0 Å². The highest BCUT2D eigenvalue weighted by Gasteiger charge is 2.31. The van der Waals surface area contributed by atoms with Crippen molar-refractivity contribution in [2.45, 2.75) is 45.2 Å². The highest BCUT2D eigenvalue weighted by atomic mass is 16.3. The van der Waals surface area contributed by atoms with Crippen molar-refractivity contribution in [1.29, 1.82) is 0 Å². The third kappa shape index (κ3) is 3.80. The van der Waals surface area contributed by atoms with Gasteiger partial charge in [0.25, 0.3) is 0 Å². The number of aliphatic hydroxyl groups excluding tert-OH is 1. The lowest BCUT2D eigenvalue weighted by molar-refractivity contribution is -0.131. The third-order valence-electron chi connectivity index (χ3n) is 2.76. The van der Waals surface area contributed by atoms with Crippen LogP contribution in [0.1, 0.15) is 33.6 Å². The summed E-state index contributed by atoms with van der Waals surface area (Å²) in [6.45, 7) is 6.91. The lowest BCUT2D eigenvalue weighted by atomic mass is 10.1. The van der Waals surface area contributed by atoms with Crippen molar-refractivity contribution in [3.05, 3.63) is 0 Å². The number of carbonyl (C=O) groups excluding carboxylic acids is 1. The molecule has 0 bridgehead atoms. The van der Waals surface area contributed by atoms with E-state index in [1.54, 1.807) is 0 Å². The van der Waals surface area contributed by atoms with Gasteiger partial charge in [0, 0.05) is 18.1 Å². The second-order valence-electron chi connectivity index (χ2n) is 4.81. The fourth-order valence-corrected chi connectivity index (χ4v) is 1.50. The van der Waals surface area contributed by atoms with E-state index in [0.29, 0.717) is 12.6 Å². The zero-order chi connectivity index (χ0) is 11.5. The first-order valence-electron chi connectivity index (χ1n) is 5.65. The van der Waals surface area contributed by atoms with E-state index >= 15 is 0 Å². The Balaban J connectivity index is 2.34. The second-order valence-corrected chi connectivity index (χ2v) is 4.81. The topological polar surface area (TPSA) is 52.6 Å². The zero-order valence-corrected chi connectivity index (χ0v) is 9.92. The number of amides is 1. The molecule has 88 valence electrons. The maximum atomic E-state index is 11.8. The van der Waals surface area contributed by atoms with Crippen LogP contribution in [0.15, 0.2) is 0 Å². The number of carbonyl (C=O) groups is 1. The smallest absolute Gasteiger partial charge is 0.236 e. The molecule has 0 saturated heterocycles. The number of rotatable bonds is 6. The Morgan fingerprint density at radius 3 is 2.53 bits per heavy atom. The fourth-order valence-electron chi connectivity index (χ4n) is 1.50. The lowest BCUT2D eigenvalue weighted by Crippen LogP contribution is -2.49. The summed E-state index contributed by atoms with van der Waals surface area (Å²) in [5.74, 6) is 0.140. The molecule has 4 heteroatoms. The predicted octanol–water partition coefficient (Wildman–Crippen LogP) is 0.358. The van der Waals surface area contributed by atoms with Gasteiger partial charge in [-0.3, -0.25) is 4.79 Å². The number of nitrogens with one attached hydrogen (secondary N) is 1. The van der Waals surface area contributed by atoms with Crippen LogP contribution in [0.2, 0.25) is 0 Å². The monoisotopic (exact) mass is 214 g/mol. The summed E-state index contributed by atoms with van der Waals surface area (Å²) >= 11 is 0. The van der Waals surface area contributed by atoms with Crippen LogP contribution in [0.4, 0.5) is 0 Å². The summed E-state index contributed by atoms with van der Waals surface area (Å²) in [6, 6.07) is 0.474. The first kappa shape index (κ1) is 12.5. The van der Waals surface area contributed by atoms with Gasteiger partial charge in [0.2, 0.25) is 5.91 Å². The standard InChI is InChI=1S/C11H22N2O2/c1-4-13(9-5-6-9)10(15)7-12-11(2,3)8-14/h9,12,14H,4-8H2,1-3H3. The highest BCUT2D eigenvalue weighted by Crippen LogP contribution is 2.26. The molecule has 1 aliphatic carbocycles. The number of nitrogens with zero attached hydrogens (tertiary/aromatic N) is 1. The minimum absolute atomic E-state index is 0.0375. The molecule has 0 aromatic rings. The Kier molecular flexibility index (Phi) is 4.11.